The van der Waals surface area contributed by atoms with E-state index in [0.717, 1.165) is 29.9 Å². The van der Waals surface area contributed by atoms with Crippen molar-refractivity contribution in [2.24, 2.45) is 0 Å². The van der Waals surface area contributed by atoms with Gasteiger partial charge in [-0.25, -0.2) is 4.39 Å². The highest BCUT2D eigenvalue weighted by molar-refractivity contribution is 6.30. The minimum atomic E-state index is -0.367. The largest absolute Gasteiger partial charge is 0.307 e. The van der Waals surface area contributed by atoms with Crippen LogP contribution in [0.25, 0.3) is 22.4 Å². The lowest BCUT2D eigenvalue weighted by Crippen LogP contribution is -2.32. The molecule has 0 unspecified atom stereocenters. The molecular weight excluding hydrogens is 327 g/mol. The fourth-order valence-electron chi connectivity index (χ4n) is 3.24. The Kier molecular flexibility index (Phi) is 3.82. The summed E-state index contributed by atoms with van der Waals surface area (Å²) >= 11 is 5.90. The summed E-state index contributed by atoms with van der Waals surface area (Å²) in [6.07, 6.45) is 3.48. The van der Waals surface area contributed by atoms with Crippen molar-refractivity contribution >= 4 is 11.6 Å². The van der Waals surface area contributed by atoms with Crippen LogP contribution in [0, 0.1) is 5.82 Å². The fourth-order valence-corrected chi connectivity index (χ4v) is 3.40. The van der Waals surface area contributed by atoms with E-state index in [-0.39, 0.29) is 11.9 Å². The van der Waals surface area contributed by atoms with Crippen molar-refractivity contribution in [2.75, 3.05) is 6.54 Å². The zero-order valence-corrected chi connectivity index (χ0v) is 13.9. The predicted molar refractivity (Wildman–Crippen MR) is 92.3 cm³/mol. The summed E-state index contributed by atoms with van der Waals surface area (Å²) < 4.78 is 16.5. The molecule has 0 bridgehead atoms. The van der Waals surface area contributed by atoms with Crippen LogP contribution in [0.1, 0.15) is 18.7 Å². The number of hydrogen-bond acceptors (Lipinski definition) is 3. The second-order valence-corrected chi connectivity index (χ2v) is 6.30. The van der Waals surface area contributed by atoms with Gasteiger partial charge in [0.25, 0.3) is 0 Å². The first-order valence-corrected chi connectivity index (χ1v) is 8.23. The molecule has 0 amide bonds. The second kappa shape index (κ2) is 6.00. The number of nitrogens with zero attached hydrogens (tertiary/aromatic N) is 3. The van der Waals surface area contributed by atoms with Gasteiger partial charge in [0.15, 0.2) is 0 Å². The fraction of sp³-hybridized carbons (Fsp3) is 0.222. The molecule has 1 atom stereocenters. The van der Waals surface area contributed by atoms with Gasteiger partial charge in [-0.15, -0.1) is 0 Å². The molecule has 0 spiro atoms. The van der Waals surface area contributed by atoms with Crippen molar-refractivity contribution in [3.8, 4) is 22.4 Å². The highest BCUT2D eigenvalue weighted by Crippen LogP contribution is 2.39. The Morgan fingerprint density at radius 2 is 2.04 bits per heavy atom. The number of nitrogens with one attached hydrogen (secondary N) is 1. The van der Waals surface area contributed by atoms with E-state index in [1.165, 1.54) is 6.07 Å². The van der Waals surface area contributed by atoms with Gasteiger partial charge in [0.1, 0.15) is 11.5 Å². The molecular formula is C18H16ClFN4. The van der Waals surface area contributed by atoms with Crippen LogP contribution in [-0.2, 0) is 6.54 Å². The van der Waals surface area contributed by atoms with Gasteiger partial charge in [-0.05, 0) is 42.8 Å². The molecule has 1 aliphatic rings. The van der Waals surface area contributed by atoms with Crippen LogP contribution in [0.5, 0.6) is 0 Å². The Hall–Kier alpha value is -2.24. The van der Waals surface area contributed by atoms with Gasteiger partial charge in [-0.2, -0.15) is 5.10 Å². The predicted octanol–water partition coefficient (Wildman–Crippen LogP) is 4.07. The first kappa shape index (κ1) is 15.3. The van der Waals surface area contributed by atoms with Gasteiger partial charge in [-0.3, -0.25) is 9.67 Å². The SMILES string of the molecule is C[C@H]1NCCn2nc(-c3ccc(Cl)cc3F)c(-c3ccncc3)c21. The third-order valence-electron chi connectivity index (χ3n) is 4.33. The van der Waals surface area contributed by atoms with Crippen molar-refractivity contribution in [3.63, 3.8) is 0 Å². The lowest BCUT2D eigenvalue weighted by atomic mass is 9.96. The van der Waals surface area contributed by atoms with Gasteiger partial charge in [0.2, 0.25) is 0 Å². The van der Waals surface area contributed by atoms with E-state index in [1.807, 2.05) is 16.8 Å². The first-order valence-electron chi connectivity index (χ1n) is 7.85. The summed E-state index contributed by atoms with van der Waals surface area (Å²) in [4.78, 5) is 4.08. The van der Waals surface area contributed by atoms with Crippen molar-refractivity contribution in [2.45, 2.75) is 19.5 Å². The average Bonchev–Trinajstić information content (AvgIpc) is 2.96. The van der Waals surface area contributed by atoms with Crippen LogP contribution < -0.4 is 5.32 Å². The Morgan fingerprint density at radius 3 is 2.79 bits per heavy atom. The van der Waals surface area contributed by atoms with Crippen molar-refractivity contribution in [1.82, 2.24) is 20.1 Å². The molecule has 0 radical (unpaired) electrons. The van der Waals surface area contributed by atoms with Crippen LogP contribution in [-0.4, -0.2) is 21.3 Å². The molecule has 1 aromatic carbocycles. The highest BCUT2D eigenvalue weighted by atomic mass is 35.5. The number of benzene rings is 1. The Labute approximate surface area is 144 Å². The number of halogens is 2. The van der Waals surface area contributed by atoms with Crippen molar-refractivity contribution in [1.29, 1.82) is 0 Å². The number of hydrogen-bond donors (Lipinski definition) is 1. The molecule has 1 N–H and O–H groups in total. The molecule has 3 heterocycles. The van der Waals surface area contributed by atoms with E-state index in [2.05, 4.69) is 17.2 Å². The normalized spacial score (nSPS) is 16.9. The van der Waals surface area contributed by atoms with Crippen LogP contribution >= 0.6 is 11.6 Å². The van der Waals surface area contributed by atoms with E-state index in [1.54, 1.807) is 24.5 Å². The standard InChI is InChI=1S/C18H16ClFN4/c1-11-18-16(12-4-6-21-7-5-12)17(23-24(18)9-8-22-11)14-3-2-13(19)10-15(14)20/h2-7,10-11,22H,8-9H2,1H3/t11-/m1/s1. The molecule has 0 saturated carbocycles. The maximum atomic E-state index is 14.5. The quantitative estimate of drug-likeness (QED) is 0.763. The minimum Gasteiger partial charge on any atom is -0.307 e. The Balaban J connectivity index is 2.00. The van der Waals surface area contributed by atoms with Crippen LogP contribution in [0.15, 0.2) is 42.7 Å². The maximum absolute atomic E-state index is 14.5. The summed E-state index contributed by atoms with van der Waals surface area (Å²) in [6.45, 7) is 3.69. The third kappa shape index (κ3) is 2.50. The summed E-state index contributed by atoms with van der Waals surface area (Å²) in [5, 5.41) is 8.53. The molecule has 4 rings (SSSR count). The number of pyridine rings is 1. The number of rotatable bonds is 2. The first-order chi connectivity index (χ1) is 11.6. The Morgan fingerprint density at radius 1 is 1.25 bits per heavy atom. The van der Waals surface area contributed by atoms with Gasteiger partial charge >= 0.3 is 0 Å². The van der Waals surface area contributed by atoms with Crippen LogP contribution in [0.2, 0.25) is 5.02 Å². The van der Waals surface area contributed by atoms with Crippen LogP contribution in [0.3, 0.4) is 0 Å². The minimum absolute atomic E-state index is 0.138. The van der Waals surface area contributed by atoms with E-state index < -0.39 is 0 Å². The van der Waals surface area contributed by atoms with Gasteiger partial charge < -0.3 is 5.32 Å². The third-order valence-corrected chi connectivity index (χ3v) is 4.57. The summed E-state index contributed by atoms with van der Waals surface area (Å²) in [5.74, 6) is -0.367. The lowest BCUT2D eigenvalue weighted by Gasteiger charge is -2.23. The molecule has 0 saturated heterocycles. The van der Waals surface area contributed by atoms with Gasteiger partial charge in [0.05, 0.1) is 12.2 Å². The number of fused-ring (bicyclic) bond motifs is 1. The lowest BCUT2D eigenvalue weighted by molar-refractivity contribution is 0.421. The average molecular weight is 343 g/mol. The highest BCUT2D eigenvalue weighted by Gasteiger charge is 2.27. The van der Waals surface area contributed by atoms with E-state index in [9.17, 15) is 4.39 Å². The second-order valence-electron chi connectivity index (χ2n) is 5.87. The topological polar surface area (TPSA) is 42.7 Å². The van der Waals surface area contributed by atoms with Gasteiger partial charge in [-0.1, -0.05) is 11.6 Å². The molecule has 0 aliphatic carbocycles. The summed E-state index contributed by atoms with van der Waals surface area (Å²) in [7, 11) is 0. The Bertz CT molecular complexity index is 892. The van der Waals surface area contributed by atoms with E-state index >= 15 is 0 Å². The monoisotopic (exact) mass is 342 g/mol. The van der Waals surface area contributed by atoms with E-state index in [0.29, 0.717) is 16.3 Å². The van der Waals surface area contributed by atoms with Crippen LogP contribution in [0.4, 0.5) is 4.39 Å². The zero-order valence-electron chi connectivity index (χ0n) is 13.1. The van der Waals surface area contributed by atoms with E-state index in [4.69, 9.17) is 16.7 Å². The zero-order chi connectivity index (χ0) is 16.7. The number of aromatic nitrogens is 3. The molecule has 3 aromatic rings. The summed E-state index contributed by atoms with van der Waals surface area (Å²) in [5.41, 5.74) is 4.09. The van der Waals surface area contributed by atoms with Gasteiger partial charge in [0, 0.05) is 41.1 Å². The maximum Gasteiger partial charge on any atom is 0.134 e. The molecule has 0 fully saturated rings. The van der Waals surface area contributed by atoms with Crippen molar-refractivity contribution in [3.05, 3.63) is 59.3 Å². The summed E-state index contributed by atoms with van der Waals surface area (Å²) in [6, 6.07) is 8.70. The molecule has 2 aromatic heterocycles. The smallest absolute Gasteiger partial charge is 0.134 e. The molecule has 24 heavy (non-hydrogen) atoms. The van der Waals surface area contributed by atoms with Crippen molar-refractivity contribution < 1.29 is 4.39 Å². The molecule has 122 valence electrons. The molecule has 6 heteroatoms. The molecule has 1 aliphatic heterocycles. The molecule has 4 nitrogen and oxygen atoms in total.